The maximum absolute atomic E-state index is 5.92. The number of nitrogen functional groups attached to an aromatic ring is 3. The summed E-state index contributed by atoms with van der Waals surface area (Å²) in [6.07, 6.45) is 0. The predicted molar refractivity (Wildman–Crippen MR) is 86.0 cm³/mol. The van der Waals surface area contributed by atoms with Gasteiger partial charge in [-0.2, -0.15) is 0 Å². The lowest BCUT2D eigenvalue weighted by molar-refractivity contribution is 1.50. The van der Waals surface area contributed by atoms with E-state index < -0.39 is 0 Å². The standard InChI is InChI=1S/C13H16N4.C2H6/c1-17-13-5-3-9(7-12(13)16)8-2-4-10(14)11(15)6-8;1-2/h2-7,17H,14-16H2,1H3;1-2H3. The van der Waals surface area contributed by atoms with Crippen molar-refractivity contribution in [3.05, 3.63) is 36.4 Å². The normalized spacial score (nSPS) is 9.42. The third-order valence-electron chi connectivity index (χ3n) is 2.74. The Balaban J connectivity index is 0.000000861. The van der Waals surface area contributed by atoms with Crippen molar-refractivity contribution in [2.24, 2.45) is 0 Å². The number of nitrogens with one attached hydrogen (secondary N) is 1. The average Bonchev–Trinajstić information content (AvgIpc) is 2.44. The van der Waals surface area contributed by atoms with E-state index in [1.54, 1.807) is 6.07 Å². The number of nitrogens with two attached hydrogens (primary N) is 3. The van der Waals surface area contributed by atoms with Crippen molar-refractivity contribution >= 4 is 22.7 Å². The Morgan fingerprint density at radius 1 is 0.737 bits per heavy atom. The quantitative estimate of drug-likeness (QED) is 0.623. The highest BCUT2D eigenvalue weighted by atomic mass is 14.8. The molecular weight excluding hydrogens is 236 g/mol. The van der Waals surface area contributed by atoms with Gasteiger partial charge < -0.3 is 22.5 Å². The van der Waals surface area contributed by atoms with Gasteiger partial charge in [0.1, 0.15) is 0 Å². The van der Waals surface area contributed by atoms with Crippen LogP contribution in [0.4, 0.5) is 22.7 Å². The van der Waals surface area contributed by atoms with E-state index in [1.165, 1.54) is 0 Å². The predicted octanol–water partition coefficient (Wildman–Crippen LogP) is 3.17. The Morgan fingerprint density at radius 3 is 1.74 bits per heavy atom. The summed E-state index contributed by atoms with van der Waals surface area (Å²) in [4.78, 5) is 0. The molecule has 0 atom stereocenters. The van der Waals surface area contributed by atoms with Crippen molar-refractivity contribution in [2.75, 3.05) is 29.6 Å². The van der Waals surface area contributed by atoms with Gasteiger partial charge >= 0.3 is 0 Å². The van der Waals surface area contributed by atoms with Crippen LogP contribution in [0.15, 0.2) is 36.4 Å². The van der Waals surface area contributed by atoms with E-state index >= 15 is 0 Å². The van der Waals surface area contributed by atoms with Gasteiger partial charge in [0, 0.05) is 7.05 Å². The molecule has 0 aliphatic rings. The second-order valence-corrected chi connectivity index (χ2v) is 3.90. The molecule has 4 heteroatoms. The molecule has 0 unspecified atom stereocenters. The fourth-order valence-corrected chi connectivity index (χ4v) is 1.72. The summed E-state index contributed by atoms with van der Waals surface area (Å²) in [5.74, 6) is 0. The minimum atomic E-state index is 0.582. The van der Waals surface area contributed by atoms with Gasteiger partial charge in [0.25, 0.3) is 0 Å². The molecule has 0 aliphatic heterocycles. The van der Waals surface area contributed by atoms with Gasteiger partial charge in [-0.15, -0.1) is 0 Å². The van der Waals surface area contributed by atoms with Gasteiger partial charge in [-0.25, -0.2) is 0 Å². The molecule has 0 bridgehead atoms. The average molecular weight is 258 g/mol. The van der Waals surface area contributed by atoms with Crippen LogP contribution in [0.25, 0.3) is 11.1 Å². The maximum Gasteiger partial charge on any atom is 0.0571 e. The van der Waals surface area contributed by atoms with E-state index in [1.807, 2.05) is 51.2 Å². The number of anilines is 4. The van der Waals surface area contributed by atoms with Gasteiger partial charge in [-0.1, -0.05) is 26.0 Å². The van der Waals surface area contributed by atoms with Gasteiger partial charge in [-0.3, -0.25) is 0 Å². The van der Waals surface area contributed by atoms with Crippen LogP contribution < -0.4 is 22.5 Å². The molecule has 0 radical (unpaired) electrons. The molecule has 0 aliphatic carbocycles. The summed E-state index contributed by atoms with van der Waals surface area (Å²) >= 11 is 0. The highest BCUT2D eigenvalue weighted by Gasteiger charge is 2.03. The highest BCUT2D eigenvalue weighted by molar-refractivity contribution is 5.79. The molecule has 0 aromatic heterocycles. The first-order chi connectivity index (χ1) is 9.11. The van der Waals surface area contributed by atoms with E-state index in [0.717, 1.165) is 16.8 Å². The first-order valence-electron chi connectivity index (χ1n) is 6.34. The van der Waals surface area contributed by atoms with Crippen LogP contribution in [0.3, 0.4) is 0 Å². The van der Waals surface area contributed by atoms with E-state index in [0.29, 0.717) is 17.1 Å². The Kier molecular flexibility index (Phi) is 5.06. The number of rotatable bonds is 2. The molecular formula is C15H22N4. The molecule has 0 saturated heterocycles. The molecule has 2 aromatic rings. The van der Waals surface area contributed by atoms with Gasteiger partial charge in [0.15, 0.2) is 0 Å². The van der Waals surface area contributed by atoms with Crippen LogP contribution in [-0.4, -0.2) is 7.05 Å². The Morgan fingerprint density at radius 2 is 1.26 bits per heavy atom. The second kappa shape index (κ2) is 6.54. The van der Waals surface area contributed by atoms with Crippen LogP contribution in [0.2, 0.25) is 0 Å². The first kappa shape index (κ1) is 14.7. The van der Waals surface area contributed by atoms with Crippen LogP contribution in [0.1, 0.15) is 13.8 Å². The SMILES string of the molecule is CC.CNc1ccc(-c2ccc(N)c(N)c2)cc1N. The van der Waals surface area contributed by atoms with Crippen molar-refractivity contribution < 1.29 is 0 Å². The number of hydrogen-bond acceptors (Lipinski definition) is 4. The van der Waals surface area contributed by atoms with E-state index in [9.17, 15) is 0 Å². The summed E-state index contributed by atoms with van der Waals surface area (Å²) in [6, 6.07) is 11.4. The Bertz CT molecular complexity index is 550. The molecule has 0 saturated carbocycles. The van der Waals surface area contributed by atoms with E-state index in [4.69, 9.17) is 17.2 Å². The van der Waals surface area contributed by atoms with Crippen molar-refractivity contribution in [3.63, 3.8) is 0 Å². The van der Waals surface area contributed by atoms with E-state index in [-0.39, 0.29) is 0 Å². The third kappa shape index (κ3) is 3.31. The lowest BCUT2D eigenvalue weighted by Crippen LogP contribution is -1.97. The summed E-state index contributed by atoms with van der Waals surface area (Å²) in [7, 11) is 1.84. The zero-order valence-corrected chi connectivity index (χ0v) is 11.7. The topological polar surface area (TPSA) is 90.1 Å². The molecule has 2 rings (SSSR count). The van der Waals surface area contributed by atoms with Crippen LogP contribution in [-0.2, 0) is 0 Å². The zero-order chi connectivity index (χ0) is 14.4. The minimum Gasteiger partial charge on any atom is -0.397 e. The fourth-order valence-electron chi connectivity index (χ4n) is 1.72. The molecule has 7 N–H and O–H groups in total. The largest absolute Gasteiger partial charge is 0.397 e. The Hall–Kier alpha value is -2.36. The van der Waals surface area contributed by atoms with Crippen molar-refractivity contribution in [1.82, 2.24) is 0 Å². The number of benzene rings is 2. The molecule has 0 spiro atoms. The second-order valence-electron chi connectivity index (χ2n) is 3.90. The van der Waals surface area contributed by atoms with Crippen LogP contribution in [0.5, 0.6) is 0 Å². The fraction of sp³-hybridized carbons (Fsp3) is 0.200. The monoisotopic (exact) mass is 258 g/mol. The van der Waals surface area contributed by atoms with Crippen molar-refractivity contribution in [3.8, 4) is 11.1 Å². The molecule has 4 nitrogen and oxygen atoms in total. The summed E-state index contributed by atoms with van der Waals surface area (Å²) in [5, 5.41) is 3.02. The van der Waals surface area contributed by atoms with Crippen molar-refractivity contribution in [2.45, 2.75) is 13.8 Å². The molecule has 0 fully saturated rings. The van der Waals surface area contributed by atoms with Crippen molar-refractivity contribution in [1.29, 1.82) is 0 Å². The molecule has 19 heavy (non-hydrogen) atoms. The van der Waals surface area contributed by atoms with Gasteiger partial charge in [0.05, 0.1) is 22.7 Å². The van der Waals surface area contributed by atoms with E-state index in [2.05, 4.69) is 5.32 Å². The van der Waals surface area contributed by atoms with Crippen LogP contribution in [0, 0.1) is 0 Å². The Labute approximate surface area is 114 Å². The van der Waals surface area contributed by atoms with Gasteiger partial charge in [-0.05, 0) is 35.4 Å². The lowest BCUT2D eigenvalue weighted by Gasteiger charge is -2.09. The molecule has 0 heterocycles. The summed E-state index contributed by atoms with van der Waals surface area (Å²) in [6.45, 7) is 4.00. The summed E-state index contributed by atoms with van der Waals surface area (Å²) < 4.78 is 0. The molecule has 102 valence electrons. The summed E-state index contributed by atoms with van der Waals surface area (Å²) in [5.41, 5.74) is 22.2. The minimum absolute atomic E-state index is 0.582. The maximum atomic E-state index is 5.92. The molecule has 2 aromatic carbocycles. The number of hydrogen-bond donors (Lipinski definition) is 4. The molecule has 0 amide bonds. The van der Waals surface area contributed by atoms with Gasteiger partial charge in [0.2, 0.25) is 0 Å². The highest BCUT2D eigenvalue weighted by Crippen LogP contribution is 2.29. The lowest BCUT2D eigenvalue weighted by atomic mass is 10.0. The van der Waals surface area contributed by atoms with Crippen LogP contribution >= 0.6 is 0 Å². The zero-order valence-electron chi connectivity index (χ0n) is 11.7. The third-order valence-corrected chi connectivity index (χ3v) is 2.74. The smallest absolute Gasteiger partial charge is 0.0571 e. The first-order valence-corrected chi connectivity index (χ1v) is 6.34.